The summed E-state index contributed by atoms with van der Waals surface area (Å²) in [6, 6.07) is 0. The third-order valence-electron chi connectivity index (χ3n) is 3.51. The molecule has 0 saturated heterocycles. The Bertz CT molecular complexity index is 148. The Morgan fingerprint density at radius 1 is 1.09 bits per heavy atom. The summed E-state index contributed by atoms with van der Waals surface area (Å²) in [6.45, 7) is 2.06. The van der Waals surface area contributed by atoms with Gasteiger partial charge in [-0.05, 0) is 37.0 Å². The van der Waals surface area contributed by atoms with E-state index in [1.807, 2.05) is 0 Å². The molecule has 2 heteroatoms. The summed E-state index contributed by atoms with van der Waals surface area (Å²) in [5.74, 6) is 0.656. The summed E-state index contributed by atoms with van der Waals surface area (Å²) in [6.07, 6.45) is 0.407. The standard InChI is InChI=1S/C9H14F2/c1-5-7-3-2-6(10)4-8(5)9(7)11/h5-9H,2-4H2,1H3/t5?,6-,7?,8?,9?/m0/s1. The van der Waals surface area contributed by atoms with Crippen molar-refractivity contribution in [3.05, 3.63) is 0 Å². The molecule has 3 saturated carbocycles. The normalized spacial score (nSPS) is 56.5. The molecule has 3 aliphatic carbocycles. The molecule has 0 N–H and O–H groups in total. The lowest BCUT2D eigenvalue weighted by Crippen LogP contribution is -2.45. The zero-order valence-electron chi connectivity index (χ0n) is 6.76. The van der Waals surface area contributed by atoms with Crippen LogP contribution in [0.3, 0.4) is 0 Å². The fourth-order valence-electron chi connectivity index (χ4n) is 2.62. The Morgan fingerprint density at radius 2 is 1.82 bits per heavy atom. The van der Waals surface area contributed by atoms with Crippen molar-refractivity contribution in [3.63, 3.8) is 0 Å². The van der Waals surface area contributed by atoms with Crippen LogP contribution in [0.15, 0.2) is 0 Å². The number of fused-ring (bicyclic) bond motifs is 3. The van der Waals surface area contributed by atoms with Crippen LogP contribution < -0.4 is 0 Å². The summed E-state index contributed by atoms with van der Waals surface area (Å²) in [7, 11) is 0. The molecule has 0 heterocycles. The summed E-state index contributed by atoms with van der Waals surface area (Å²) < 4.78 is 26.0. The van der Waals surface area contributed by atoms with Gasteiger partial charge in [-0.25, -0.2) is 8.78 Å². The quantitative estimate of drug-likeness (QED) is 0.511. The van der Waals surface area contributed by atoms with E-state index in [4.69, 9.17) is 0 Å². The van der Waals surface area contributed by atoms with Gasteiger partial charge in [0.1, 0.15) is 12.3 Å². The zero-order chi connectivity index (χ0) is 8.01. The van der Waals surface area contributed by atoms with Crippen molar-refractivity contribution in [2.45, 2.75) is 38.5 Å². The first-order chi connectivity index (χ1) is 5.20. The highest BCUT2D eigenvalue weighted by atomic mass is 19.1. The average Bonchev–Trinajstić information content (AvgIpc) is 2.21. The summed E-state index contributed by atoms with van der Waals surface area (Å²) in [5.41, 5.74) is 0. The zero-order valence-corrected chi connectivity index (χ0v) is 6.76. The van der Waals surface area contributed by atoms with E-state index in [0.29, 0.717) is 18.8 Å². The van der Waals surface area contributed by atoms with E-state index in [9.17, 15) is 8.78 Å². The lowest BCUT2D eigenvalue weighted by atomic mass is 9.63. The minimum atomic E-state index is -0.729. The number of alkyl halides is 2. The Balaban J connectivity index is 2.08. The van der Waals surface area contributed by atoms with E-state index >= 15 is 0 Å². The lowest BCUT2D eigenvalue weighted by molar-refractivity contribution is -0.0357. The molecule has 2 bridgehead atoms. The molecule has 3 fully saturated rings. The number of hydrogen-bond donors (Lipinski definition) is 0. The van der Waals surface area contributed by atoms with Crippen LogP contribution in [0.25, 0.3) is 0 Å². The van der Waals surface area contributed by atoms with Gasteiger partial charge in [0.2, 0.25) is 0 Å². The Hall–Kier alpha value is -0.140. The fraction of sp³-hybridized carbons (Fsp3) is 1.00. The molecule has 0 aromatic heterocycles. The van der Waals surface area contributed by atoms with Crippen molar-refractivity contribution < 1.29 is 8.78 Å². The monoisotopic (exact) mass is 160 g/mol. The van der Waals surface area contributed by atoms with Crippen molar-refractivity contribution in [2.24, 2.45) is 17.8 Å². The molecular weight excluding hydrogens is 146 g/mol. The summed E-state index contributed by atoms with van der Waals surface area (Å²) >= 11 is 0. The molecule has 0 aliphatic heterocycles. The van der Waals surface area contributed by atoms with Gasteiger partial charge in [0.25, 0.3) is 0 Å². The van der Waals surface area contributed by atoms with Gasteiger partial charge in [0.15, 0.2) is 0 Å². The molecule has 11 heavy (non-hydrogen) atoms. The van der Waals surface area contributed by atoms with Crippen LogP contribution in [0.4, 0.5) is 8.78 Å². The van der Waals surface area contributed by atoms with E-state index in [0.717, 1.165) is 6.42 Å². The van der Waals surface area contributed by atoms with E-state index in [-0.39, 0.29) is 11.8 Å². The molecule has 0 aromatic carbocycles. The number of halogens is 2. The Morgan fingerprint density at radius 3 is 2.45 bits per heavy atom. The molecule has 3 rings (SSSR count). The maximum absolute atomic E-state index is 13.1. The van der Waals surface area contributed by atoms with Crippen LogP contribution in [0, 0.1) is 17.8 Å². The molecule has 0 spiro atoms. The van der Waals surface area contributed by atoms with Crippen LogP contribution in [-0.4, -0.2) is 12.3 Å². The average molecular weight is 160 g/mol. The van der Waals surface area contributed by atoms with Gasteiger partial charge in [0, 0.05) is 0 Å². The second-order valence-corrected chi connectivity index (χ2v) is 4.04. The third-order valence-corrected chi connectivity index (χ3v) is 3.51. The Kier molecular flexibility index (Phi) is 1.66. The van der Waals surface area contributed by atoms with E-state index < -0.39 is 12.3 Å². The first kappa shape index (κ1) is 7.51. The molecule has 3 aliphatic rings. The first-order valence-corrected chi connectivity index (χ1v) is 4.48. The predicted octanol–water partition coefficient (Wildman–Crippen LogP) is 2.73. The topological polar surface area (TPSA) is 0 Å². The molecule has 0 amide bonds. The minimum Gasteiger partial charge on any atom is -0.247 e. The van der Waals surface area contributed by atoms with Crippen molar-refractivity contribution in [2.75, 3.05) is 0 Å². The molecule has 0 nitrogen and oxygen atoms in total. The minimum absolute atomic E-state index is 0.0394. The third kappa shape index (κ3) is 0.986. The molecule has 0 aromatic rings. The van der Waals surface area contributed by atoms with Gasteiger partial charge in [-0.3, -0.25) is 0 Å². The van der Waals surface area contributed by atoms with E-state index in [1.54, 1.807) is 0 Å². The number of hydrogen-bond acceptors (Lipinski definition) is 0. The van der Waals surface area contributed by atoms with Gasteiger partial charge in [-0.1, -0.05) is 6.92 Å². The van der Waals surface area contributed by atoms with Crippen LogP contribution in [-0.2, 0) is 0 Å². The maximum Gasteiger partial charge on any atom is 0.106 e. The van der Waals surface area contributed by atoms with Crippen LogP contribution in [0.2, 0.25) is 0 Å². The SMILES string of the molecule is CC1C2CC[C@H](F)CC1C2F. The number of rotatable bonds is 0. The van der Waals surface area contributed by atoms with Crippen molar-refractivity contribution in [1.29, 1.82) is 0 Å². The molecule has 0 radical (unpaired) electrons. The van der Waals surface area contributed by atoms with E-state index in [2.05, 4.69) is 6.92 Å². The highest BCUT2D eigenvalue weighted by Gasteiger charge is 2.50. The Labute approximate surface area is 66.0 Å². The smallest absolute Gasteiger partial charge is 0.106 e. The highest BCUT2D eigenvalue weighted by Crippen LogP contribution is 2.50. The van der Waals surface area contributed by atoms with Crippen LogP contribution in [0.5, 0.6) is 0 Å². The molecular formula is C9H14F2. The molecule has 4 unspecified atom stereocenters. The van der Waals surface area contributed by atoms with Gasteiger partial charge in [-0.15, -0.1) is 0 Å². The van der Waals surface area contributed by atoms with Crippen molar-refractivity contribution in [1.82, 2.24) is 0 Å². The largest absolute Gasteiger partial charge is 0.247 e. The maximum atomic E-state index is 13.1. The van der Waals surface area contributed by atoms with Crippen molar-refractivity contribution >= 4 is 0 Å². The molecule has 5 atom stereocenters. The lowest BCUT2D eigenvalue weighted by Gasteiger charge is -2.44. The molecule has 64 valence electrons. The highest BCUT2D eigenvalue weighted by molar-refractivity contribution is 4.98. The predicted molar refractivity (Wildman–Crippen MR) is 39.8 cm³/mol. The van der Waals surface area contributed by atoms with Gasteiger partial charge in [0.05, 0.1) is 0 Å². The van der Waals surface area contributed by atoms with Crippen molar-refractivity contribution in [3.8, 4) is 0 Å². The second kappa shape index (κ2) is 2.43. The van der Waals surface area contributed by atoms with Gasteiger partial charge in [-0.2, -0.15) is 0 Å². The first-order valence-electron chi connectivity index (χ1n) is 4.48. The van der Waals surface area contributed by atoms with Crippen LogP contribution >= 0.6 is 0 Å². The summed E-state index contributed by atoms with van der Waals surface area (Å²) in [5, 5.41) is 0. The van der Waals surface area contributed by atoms with E-state index in [1.165, 1.54) is 0 Å². The van der Waals surface area contributed by atoms with Gasteiger partial charge >= 0.3 is 0 Å². The van der Waals surface area contributed by atoms with Gasteiger partial charge < -0.3 is 0 Å². The fourth-order valence-corrected chi connectivity index (χ4v) is 2.62. The van der Waals surface area contributed by atoms with Crippen LogP contribution in [0.1, 0.15) is 26.2 Å². The second-order valence-electron chi connectivity index (χ2n) is 4.04. The summed E-state index contributed by atoms with van der Waals surface area (Å²) in [4.78, 5) is 0.